The summed E-state index contributed by atoms with van der Waals surface area (Å²) in [4.78, 5) is 11.0. The zero-order valence-corrected chi connectivity index (χ0v) is 11.1. The minimum Gasteiger partial charge on any atom is -0.492 e. The van der Waals surface area contributed by atoms with Gasteiger partial charge in [0, 0.05) is 13.1 Å². The molecule has 0 unspecified atom stereocenters. The average Bonchev–Trinajstić information content (AvgIpc) is 2.36. The van der Waals surface area contributed by atoms with E-state index >= 15 is 0 Å². The third-order valence-corrected chi connectivity index (χ3v) is 2.38. The van der Waals surface area contributed by atoms with E-state index in [1.165, 1.54) is 5.56 Å². The predicted octanol–water partition coefficient (Wildman–Crippen LogP) is 1.92. The maximum atomic E-state index is 11.0. The Morgan fingerprint density at radius 1 is 1.22 bits per heavy atom. The lowest BCUT2D eigenvalue weighted by atomic mass is 10.2. The molecule has 18 heavy (non-hydrogen) atoms. The van der Waals surface area contributed by atoms with Gasteiger partial charge in [-0.05, 0) is 26.0 Å². The maximum absolute atomic E-state index is 11.0. The van der Waals surface area contributed by atoms with Crippen molar-refractivity contribution in [3.8, 4) is 5.75 Å². The van der Waals surface area contributed by atoms with Crippen LogP contribution in [0.4, 0.5) is 0 Å². The standard InChI is InChI=1S/C14H21NO3/c1-3-17-14(16)8-9-15-10-11-18-13-6-4-12(2)5-7-13/h4-7,15H,3,8-11H2,1-2H3. The summed E-state index contributed by atoms with van der Waals surface area (Å²) < 4.78 is 10.4. The Balaban J connectivity index is 2.02. The molecular formula is C14H21NO3. The van der Waals surface area contributed by atoms with Gasteiger partial charge in [0.15, 0.2) is 0 Å². The molecule has 0 spiro atoms. The molecule has 0 aromatic heterocycles. The van der Waals surface area contributed by atoms with Crippen molar-refractivity contribution < 1.29 is 14.3 Å². The van der Waals surface area contributed by atoms with Crippen LogP contribution in [-0.2, 0) is 9.53 Å². The Morgan fingerprint density at radius 2 is 1.94 bits per heavy atom. The molecule has 100 valence electrons. The van der Waals surface area contributed by atoms with E-state index in [1.54, 1.807) is 6.92 Å². The van der Waals surface area contributed by atoms with E-state index in [0.29, 0.717) is 32.7 Å². The van der Waals surface area contributed by atoms with Crippen LogP contribution in [0.5, 0.6) is 5.75 Å². The summed E-state index contributed by atoms with van der Waals surface area (Å²) in [6.07, 6.45) is 0.401. The van der Waals surface area contributed by atoms with Gasteiger partial charge >= 0.3 is 5.97 Å². The van der Waals surface area contributed by atoms with E-state index < -0.39 is 0 Å². The van der Waals surface area contributed by atoms with Crippen LogP contribution >= 0.6 is 0 Å². The topological polar surface area (TPSA) is 47.6 Å². The molecule has 0 amide bonds. The second-order valence-corrected chi connectivity index (χ2v) is 3.97. The van der Waals surface area contributed by atoms with Crippen LogP contribution in [0.3, 0.4) is 0 Å². The van der Waals surface area contributed by atoms with Crippen molar-refractivity contribution in [1.82, 2.24) is 5.32 Å². The molecule has 0 radical (unpaired) electrons. The van der Waals surface area contributed by atoms with Crippen LogP contribution in [0.15, 0.2) is 24.3 Å². The number of benzene rings is 1. The van der Waals surface area contributed by atoms with E-state index in [-0.39, 0.29) is 5.97 Å². The van der Waals surface area contributed by atoms with Crippen molar-refractivity contribution >= 4 is 5.97 Å². The molecule has 4 nitrogen and oxygen atoms in total. The largest absolute Gasteiger partial charge is 0.492 e. The zero-order valence-electron chi connectivity index (χ0n) is 11.1. The highest BCUT2D eigenvalue weighted by molar-refractivity contribution is 5.69. The van der Waals surface area contributed by atoms with Gasteiger partial charge in [-0.3, -0.25) is 4.79 Å². The molecule has 1 aromatic carbocycles. The SMILES string of the molecule is CCOC(=O)CCNCCOc1ccc(C)cc1. The second kappa shape index (κ2) is 8.53. The van der Waals surface area contributed by atoms with Crippen LogP contribution in [0, 0.1) is 6.92 Å². The lowest BCUT2D eigenvalue weighted by Crippen LogP contribution is -2.24. The molecule has 0 atom stereocenters. The highest BCUT2D eigenvalue weighted by Gasteiger charge is 2.00. The van der Waals surface area contributed by atoms with Crippen molar-refractivity contribution in [1.29, 1.82) is 0 Å². The fraction of sp³-hybridized carbons (Fsp3) is 0.500. The first kappa shape index (κ1) is 14.5. The van der Waals surface area contributed by atoms with Gasteiger partial charge in [0.05, 0.1) is 13.0 Å². The summed E-state index contributed by atoms with van der Waals surface area (Å²) in [5.41, 5.74) is 1.22. The van der Waals surface area contributed by atoms with Gasteiger partial charge in [0.2, 0.25) is 0 Å². The minimum atomic E-state index is -0.163. The number of carbonyl (C=O) groups excluding carboxylic acids is 1. The molecule has 0 heterocycles. The smallest absolute Gasteiger partial charge is 0.307 e. The van der Waals surface area contributed by atoms with Gasteiger partial charge in [-0.15, -0.1) is 0 Å². The summed E-state index contributed by atoms with van der Waals surface area (Å²) in [6, 6.07) is 7.94. The van der Waals surface area contributed by atoms with Crippen molar-refractivity contribution in [2.75, 3.05) is 26.3 Å². The Labute approximate surface area is 108 Å². The van der Waals surface area contributed by atoms with E-state index in [4.69, 9.17) is 9.47 Å². The van der Waals surface area contributed by atoms with Gasteiger partial charge in [-0.2, -0.15) is 0 Å². The Bertz CT molecular complexity index is 349. The Kier molecular flexibility index (Phi) is 6.87. The number of aryl methyl sites for hydroxylation is 1. The number of hydrogen-bond donors (Lipinski definition) is 1. The highest BCUT2D eigenvalue weighted by atomic mass is 16.5. The molecule has 0 bridgehead atoms. The van der Waals surface area contributed by atoms with E-state index in [0.717, 1.165) is 5.75 Å². The number of esters is 1. The van der Waals surface area contributed by atoms with Crippen LogP contribution in [0.1, 0.15) is 18.9 Å². The quantitative estimate of drug-likeness (QED) is 0.566. The molecule has 0 saturated carbocycles. The molecule has 1 N–H and O–H groups in total. The average molecular weight is 251 g/mol. The normalized spacial score (nSPS) is 10.1. The predicted molar refractivity (Wildman–Crippen MR) is 70.8 cm³/mol. The first-order valence-electron chi connectivity index (χ1n) is 6.28. The lowest BCUT2D eigenvalue weighted by Gasteiger charge is -2.07. The lowest BCUT2D eigenvalue weighted by molar-refractivity contribution is -0.142. The Hall–Kier alpha value is -1.55. The summed E-state index contributed by atoms with van der Waals surface area (Å²) in [6.45, 7) is 6.21. The van der Waals surface area contributed by atoms with Crippen molar-refractivity contribution in [3.05, 3.63) is 29.8 Å². The van der Waals surface area contributed by atoms with Gasteiger partial charge in [-0.1, -0.05) is 17.7 Å². The van der Waals surface area contributed by atoms with Gasteiger partial charge in [0.1, 0.15) is 12.4 Å². The van der Waals surface area contributed by atoms with E-state index in [1.807, 2.05) is 31.2 Å². The van der Waals surface area contributed by atoms with E-state index in [9.17, 15) is 4.79 Å². The first-order valence-corrected chi connectivity index (χ1v) is 6.28. The summed E-state index contributed by atoms with van der Waals surface area (Å²) in [5.74, 6) is 0.706. The Morgan fingerprint density at radius 3 is 2.61 bits per heavy atom. The number of nitrogens with one attached hydrogen (secondary N) is 1. The monoisotopic (exact) mass is 251 g/mol. The van der Waals surface area contributed by atoms with Crippen LogP contribution < -0.4 is 10.1 Å². The molecular weight excluding hydrogens is 230 g/mol. The van der Waals surface area contributed by atoms with Crippen LogP contribution in [0.25, 0.3) is 0 Å². The summed E-state index contributed by atoms with van der Waals surface area (Å²) >= 11 is 0. The fourth-order valence-corrected chi connectivity index (χ4v) is 1.42. The number of rotatable bonds is 8. The molecule has 0 aliphatic carbocycles. The highest BCUT2D eigenvalue weighted by Crippen LogP contribution is 2.10. The van der Waals surface area contributed by atoms with Crippen LogP contribution in [0.2, 0.25) is 0 Å². The summed E-state index contributed by atoms with van der Waals surface area (Å²) in [5, 5.41) is 3.13. The van der Waals surface area contributed by atoms with E-state index in [2.05, 4.69) is 5.32 Å². The molecule has 0 saturated heterocycles. The molecule has 1 aromatic rings. The van der Waals surface area contributed by atoms with Gasteiger partial charge < -0.3 is 14.8 Å². The second-order valence-electron chi connectivity index (χ2n) is 3.97. The third-order valence-electron chi connectivity index (χ3n) is 2.38. The molecule has 0 aliphatic rings. The number of ether oxygens (including phenoxy) is 2. The fourth-order valence-electron chi connectivity index (χ4n) is 1.42. The van der Waals surface area contributed by atoms with Crippen LogP contribution in [-0.4, -0.2) is 32.3 Å². The van der Waals surface area contributed by atoms with Gasteiger partial charge in [-0.25, -0.2) is 0 Å². The molecule has 0 aliphatic heterocycles. The molecule has 1 rings (SSSR count). The maximum Gasteiger partial charge on any atom is 0.307 e. The number of hydrogen-bond acceptors (Lipinski definition) is 4. The minimum absolute atomic E-state index is 0.163. The zero-order chi connectivity index (χ0) is 13.2. The van der Waals surface area contributed by atoms with Crippen molar-refractivity contribution in [2.24, 2.45) is 0 Å². The number of carbonyl (C=O) groups is 1. The molecule has 0 fully saturated rings. The third kappa shape index (κ3) is 6.25. The molecule has 4 heteroatoms. The first-order chi connectivity index (χ1) is 8.72. The summed E-state index contributed by atoms with van der Waals surface area (Å²) in [7, 11) is 0. The van der Waals surface area contributed by atoms with Gasteiger partial charge in [0.25, 0.3) is 0 Å². The van der Waals surface area contributed by atoms with Crippen molar-refractivity contribution in [3.63, 3.8) is 0 Å². The van der Waals surface area contributed by atoms with Crippen molar-refractivity contribution in [2.45, 2.75) is 20.3 Å².